The average Bonchev–Trinajstić information content (AvgIpc) is 2.77. The van der Waals surface area contributed by atoms with Crippen molar-refractivity contribution in [1.82, 2.24) is 10.2 Å². The molecule has 152 valence electrons. The number of nitrogens with zero attached hydrogens (tertiary/aromatic N) is 2. The molecular weight excluding hydrogens is 387 g/mol. The smallest absolute Gasteiger partial charge is 0.253 e. The number of likely N-dealkylation sites (tertiary alicyclic amines) is 1. The van der Waals surface area contributed by atoms with Gasteiger partial charge >= 0.3 is 0 Å². The highest BCUT2D eigenvalue weighted by molar-refractivity contribution is 6.00. The van der Waals surface area contributed by atoms with Gasteiger partial charge in [0.25, 0.3) is 5.91 Å². The van der Waals surface area contributed by atoms with Crippen LogP contribution < -0.4 is 15.5 Å². The van der Waals surface area contributed by atoms with E-state index in [0.717, 1.165) is 43.9 Å². The van der Waals surface area contributed by atoms with E-state index < -0.39 is 0 Å². The quantitative estimate of drug-likeness (QED) is 0.791. The van der Waals surface area contributed by atoms with E-state index in [-0.39, 0.29) is 36.6 Å². The van der Waals surface area contributed by atoms with Crippen LogP contribution in [0.15, 0.2) is 18.2 Å². The fourth-order valence-electron chi connectivity index (χ4n) is 3.66. The number of nitrogens with one attached hydrogen (secondary N) is 2. The zero-order valence-electron chi connectivity index (χ0n) is 16.0. The molecular formula is C19H30Cl2N4O2. The molecule has 2 aliphatic heterocycles. The molecule has 3 rings (SSSR count). The molecule has 2 N–H and O–H groups in total. The Bertz CT molecular complexity index is 649. The summed E-state index contributed by atoms with van der Waals surface area (Å²) in [4.78, 5) is 28.7. The van der Waals surface area contributed by atoms with Crippen LogP contribution in [0.4, 0.5) is 11.4 Å². The average molecular weight is 417 g/mol. The molecule has 0 bridgehead atoms. The van der Waals surface area contributed by atoms with Gasteiger partial charge in [0, 0.05) is 38.7 Å². The van der Waals surface area contributed by atoms with Crippen molar-refractivity contribution in [3.05, 3.63) is 23.8 Å². The molecule has 0 radical (unpaired) electrons. The molecule has 8 heteroatoms. The monoisotopic (exact) mass is 416 g/mol. The van der Waals surface area contributed by atoms with Crippen molar-refractivity contribution < 1.29 is 9.59 Å². The lowest BCUT2D eigenvalue weighted by atomic mass is 9.93. The maximum Gasteiger partial charge on any atom is 0.253 e. The van der Waals surface area contributed by atoms with E-state index in [4.69, 9.17) is 0 Å². The lowest BCUT2D eigenvalue weighted by Gasteiger charge is -2.32. The van der Waals surface area contributed by atoms with Crippen molar-refractivity contribution in [3.63, 3.8) is 0 Å². The van der Waals surface area contributed by atoms with Crippen molar-refractivity contribution in [2.45, 2.75) is 25.7 Å². The van der Waals surface area contributed by atoms with Crippen molar-refractivity contribution in [1.29, 1.82) is 0 Å². The number of fused-ring (bicyclic) bond motifs is 1. The second-order valence-electron chi connectivity index (χ2n) is 7.08. The van der Waals surface area contributed by atoms with Crippen LogP contribution in [0.25, 0.3) is 0 Å². The lowest BCUT2D eigenvalue weighted by molar-refractivity contribution is -0.115. The van der Waals surface area contributed by atoms with E-state index in [9.17, 15) is 9.59 Å². The van der Waals surface area contributed by atoms with E-state index in [1.807, 2.05) is 37.2 Å². The third-order valence-corrected chi connectivity index (χ3v) is 5.31. The Kier molecular flexibility index (Phi) is 9.36. The van der Waals surface area contributed by atoms with Crippen LogP contribution in [0.5, 0.6) is 0 Å². The molecule has 2 heterocycles. The van der Waals surface area contributed by atoms with Gasteiger partial charge in [0.15, 0.2) is 0 Å². The summed E-state index contributed by atoms with van der Waals surface area (Å²) in [7, 11) is 3.95. The Hall–Kier alpha value is -1.50. The number of carbonyl (C=O) groups excluding carboxylic acids is 2. The molecule has 27 heavy (non-hydrogen) atoms. The molecule has 2 aliphatic rings. The van der Waals surface area contributed by atoms with Crippen molar-refractivity contribution in [2.75, 3.05) is 50.5 Å². The van der Waals surface area contributed by atoms with Crippen LogP contribution in [-0.2, 0) is 4.79 Å². The van der Waals surface area contributed by atoms with Gasteiger partial charge in [-0.3, -0.25) is 9.59 Å². The highest BCUT2D eigenvalue weighted by Gasteiger charge is 2.25. The molecule has 0 unspecified atom stereocenters. The number of anilines is 2. The fraction of sp³-hybridized carbons (Fsp3) is 0.579. The minimum absolute atomic E-state index is 0. The van der Waals surface area contributed by atoms with Gasteiger partial charge in [-0.15, -0.1) is 24.8 Å². The molecule has 0 atom stereocenters. The summed E-state index contributed by atoms with van der Waals surface area (Å²) in [6.45, 7) is 3.36. The van der Waals surface area contributed by atoms with Crippen LogP contribution in [-0.4, -0.2) is 57.0 Å². The normalized spacial score (nSPS) is 17.2. The second-order valence-corrected chi connectivity index (χ2v) is 7.08. The SMILES string of the molecule is CNCCC1CCN(C(=O)c2ccc3c(c2)NC(=O)CCN3C)CC1.Cl.Cl. The van der Waals surface area contributed by atoms with Gasteiger partial charge in [-0.2, -0.15) is 0 Å². The maximum atomic E-state index is 12.8. The van der Waals surface area contributed by atoms with Gasteiger partial charge in [-0.1, -0.05) is 0 Å². The summed E-state index contributed by atoms with van der Waals surface area (Å²) in [5.41, 5.74) is 2.36. The van der Waals surface area contributed by atoms with E-state index >= 15 is 0 Å². The first-order valence-electron chi connectivity index (χ1n) is 9.17. The Morgan fingerprint density at radius 1 is 1.22 bits per heavy atom. The largest absolute Gasteiger partial charge is 0.372 e. The maximum absolute atomic E-state index is 12.8. The fourth-order valence-corrected chi connectivity index (χ4v) is 3.66. The Labute approximate surface area is 173 Å². The summed E-state index contributed by atoms with van der Waals surface area (Å²) in [6, 6.07) is 5.64. The summed E-state index contributed by atoms with van der Waals surface area (Å²) >= 11 is 0. The standard InChI is InChI=1S/C19H28N4O2.2ClH/c1-20-9-5-14-6-11-23(12-7-14)19(25)15-3-4-17-16(13-15)21-18(24)8-10-22(17)2;;/h3-4,13-14,20H,5-12H2,1-2H3,(H,21,24);2*1H. The highest BCUT2D eigenvalue weighted by Crippen LogP contribution is 2.30. The van der Waals surface area contributed by atoms with Gasteiger partial charge in [0.05, 0.1) is 11.4 Å². The lowest BCUT2D eigenvalue weighted by Crippen LogP contribution is -2.39. The Balaban J connectivity index is 0.00000182. The molecule has 1 aromatic rings. The third-order valence-electron chi connectivity index (χ3n) is 5.31. The van der Waals surface area contributed by atoms with E-state index in [1.165, 1.54) is 6.42 Å². The molecule has 0 aliphatic carbocycles. The summed E-state index contributed by atoms with van der Waals surface area (Å²) < 4.78 is 0. The van der Waals surface area contributed by atoms with Gasteiger partial charge in [-0.25, -0.2) is 0 Å². The van der Waals surface area contributed by atoms with Crippen LogP contribution in [0.1, 0.15) is 36.0 Å². The first-order valence-corrected chi connectivity index (χ1v) is 9.17. The number of hydrogen-bond acceptors (Lipinski definition) is 4. The number of rotatable bonds is 4. The molecule has 1 saturated heterocycles. The first-order chi connectivity index (χ1) is 12.1. The number of amides is 2. The predicted octanol–water partition coefficient (Wildman–Crippen LogP) is 2.77. The topological polar surface area (TPSA) is 64.7 Å². The minimum atomic E-state index is 0. The van der Waals surface area contributed by atoms with Crippen LogP contribution >= 0.6 is 24.8 Å². The molecule has 2 amide bonds. The van der Waals surface area contributed by atoms with Gasteiger partial charge < -0.3 is 20.4 Å². The van der Waals surface area contributed by atoms with Crippen molar-refractivity contribution in [2.24, 2.45) is 5.92 Å². The number of piperidine rings is 1. The summed E-state index contributed by atoms with van der Waals surface area (Å²) in [5.74, 6) is 0.771. The van der Waals surface area contributed by atoms with Crippen LogP contribution in [0, 0.1) is 5.92 Å². The molecule has 0 saturated carbocycles. The molecule has 0 spiro atoms. The highest BCUT2D eigenvalue weighted by atomic mass is 35.5. The predicted molar refractivity (Wildman–Crippen MR) is 115 cm³/mol. The third kappa shape index (κ3) is 5.74. The van der Waals surface area contributed by atoms with E-state index in [2.05, 4.69) is 15.5 Å². The van der Waals surface area contributed by atoms with Crippen LogP contribution in [0.3, 0.4) is 0 Å². The Morgan fingerprint density at radius 2 is 1.93 bits per heavy atom. The minimum Gasteiger partial charge on any atom is -0.372 e. The zero-order valence-corrected chi connectivity index (χ0v) is 17.6. The van der Waals surface area contributed by atoms with Crippen molar-refractivity contribution >= 4 is 48.0 Å². The molecule has 1 fully saturated rings. The number of benzene rings is 1. The van der Waals surface area contributed by atoms with E-state index in [1.54, 1.807) is 0 Å². The summed E-state index contributed by atoms with van der Waals surface area (Å²) in [5, 5.41) is 6.12. The molecule has 1 aromatic carbocycles. The molecule has 0 aromatic heterocycles. The Morgan fingerprint density at radius 3 is 2.59 bits per heavy atom. The number of halogens is 2. The van der Waals surface area contributed by atoms with Gasteiger partial charge in [-0.05, 0) is 57.0 Å². The molecule has 6 nitrogen and oxygen atoms in total. The van der Waals surface area contributed by atoms with Crippen molar-refractivity contribution in [3.8, 4) is 0 Å². The number of carbonyl (C=O) groups is 2. The number of hydrogen-bond donors (Lipinski definition) is 2. The van der Waals surface area contributed by atoms with Gasteiger partial charge in [0.1, 0.15) is 0 Å². The van der Waals surface area contributed by atoms with Crippen LogP contribution in [0.2, 0.25) is 0 Å². The van der Waals surface area contributed by atoms with E-state index in [0.29, 0.717) is 24.4 Å². The second kappa shape index (κ2) is 10.7. The first kappa shape index (κ1) is 23.5. The van der Waals surface area contributed by atoms with Gasteiger partial charge in [0.2, 0.25) is 5.91 Å². The summed E-state index contributed by atoms with van der Waals surface area (Å²) in [6.07, 6.45) is 3.78. The zero-order chi connectivity index (χ0) is 17.8.